The van der Waals surface area contributed by atoms with Crippen molar-refractivity contribution in [3.05, 3.63) is 87.9 Å². The van der Waals surface area contributed by atoms with Gasteiger partial charge in [-0.15, -0.1) is 11.8 Å². The normalized spacial score (nSPS) is 11.5. The van der Waals surface area contributed by atoms with Gasteiger partial charge in [0.25, 0.3) is 5.91 Å². The van der Waals surface area contributed by atoms with Crippen molar-refractivity contribution in [3.8, 4) is 0 Å². The van der Waals surface area contributed by atoms with Crippen molar-refractivity contribution in [1.29, 1.82) is 0 Å². The second-order valence-electron chi connectivity index (χ2n) is 6.99. The smallest absolute Gasteiger partial charge is 0.257 e. The number of ketones is 1. The maximum atomic E-state index is 12.6. The maximum Gasteiger partial charge on any atom is 0.257 e. The summed E-state index contributed by atoms with van der Waals surface area (Å²) in [6, 6.07) is 18.6. The number of hydrogen-bond acceptors (Lipinski definition) is 4. The van der Waals surface area contributed by atoms with Crippen molar-refractivity contribution >= 4 is 63.9 Å². The van der Waals surface area contributed by atoms with Crippen molar-refractivity contribution in [2.24, 2.45) is 0 Å². The molecule has 8 heteroatoms. The molecular weight excluding hydrogens is 467 g/mol. The van der Waals surface area contributed by atoms with Crippen molar-refractivity contribution in [3.63, 3.8) is 0 Å². The number of carbonyl (C=O) groups excluding carboxylic acids is 3. The van der Waals surface area contributed by atoms with Gasteiger partial charge in [0.15, 0.2) is 5.78 Å². The fraction of sp³-hybridized carbons (Fsp3) is 0.125. The zero-order valence-electron chi connectivity index (χ0n) is 17.3. The number of Topliss-reactive ketones (excluding diaryl/α,β-unsaturated/α-hetero) is 1. The Labute approximate surface area is 200 Å². The number of amides is 2. The van der Waals surface area contributed by atoms with E-state index in [9.17, 15) is 14.4 Å². The molecule has 1 atom stereocenters. The summed E-state index contributed by atoms with van der Waals surface area (Å²) in [7, 11) is 0. The molecule has 0 saturated carbocycles. The monoisotopic (exact) mass is 486 g/mol. The fourth-order valence-corrected chi connectivity index (χ4v) is 4.23. The van der Waals surface area contributed by atoms with Gasteiger partial charge in [0, 0.05) is 26.9 Å². The summed E-state index contributed by atoms with van der Waals surface area (Å²) < 4.78 is 0. The highest BCUT2D eigenvalue weighted by molar-refractivity contribution is 8.00. The summed E-state index contributed by atoms with van der Waals surface area (Å²) in [5.74, 6) is -0.557. The Morgan fingerprint density at radius 2 is 1.59 bits per heavy atom. The molecule has 0 aliphatic heterocycles. The van der Waals surface area contributed by atoms with Crippen LogP contribution in [0.1, 0.15) is 34.6 Å². The van der Waals surface area contributed by atoms with Crippen LogP contribution >= 0.6 is 35.0 Å². The number of anilines is 2. The number of benzene rings is 3. The van der Waals surface area contributed by atoms with Gasteiger partial charge >= 0.3 is 0 Å². The van der Waals surface area contributed by atoms with Crippen LogP contribution in [0, 0.1) is 0 Å². The molecule has 0 radical (unpaired) electrons. The molecular formula is C24H20Cl2N2O3S. The first-order valence-corrected chi connectivity index (χ1v) is 11.3. The summed E-state index contributed by atoms with van der Waals surface area (Å²) in [6.45, 7) is 3.29. The first-order chi connectivity index (χ1) is 15.2. The summed E-state index contributed by atoms with van der Waals surface area (Å²) in [5, 5.41) is 5.98. The van der Waals surface area contributed by atoms with Crippen molar-refractivity contribution in [1.82, 2.24) is 0 Å². The highest BCUT2D eigenvalue weighted by Gasteiger charge is 2.16. The molecule has 32 heavy (non-hydrogen) atoms. The largest absolute Gasteiger partial charge is 0.325 e. The molecule has 3 rings (SSSR count). The number of carbonyl (C=O) groups is 3. The lowest BCUT2D eigenvalue weighted by molar-refractivity contribution is -0.115. The van der Waals surface area contributed by atoms with E-state index in [1.54, 1.807) is 61.5 Å². The van der Waals surface area contributed by atoms with Crippen LogP contribution in [0.3, 0.4) is 0 Å². The van der Waals surface area contributed by atoms with Crippen LogP contribution in [0.15, 0.2) is 71.6 Å². The van der Waals surface area contributed by atoms with Gasteiger partial charge in [-0.25, -0.2) is 0 Å². The second-order valence-corrected chi connectivity index (χ2v) is 9.25. The third kappa shape index (κ3) is 6.36. The van der Waals surface area contributed by atoms with Crippen LogP contribution < -0.4 is 10.6 Å². The Kier molecular flexibility index (Phi) is 7.96. The predicted octanol–water partition coefficient (Wildman–Crippen LogP) is 6.57. The molecule has 3 aromatic carbocycles. The van der Waals surface area contributed by atoms with E-state index in [1.165, 1.54) is 24.8 Å². The summed E-state index contributed by atoms with van der Waals surface area (Å²) in [4.78, 5) is 37.3. The van der Waals surface area contributed by atoms with E-state index in [2.05, 4.69) is 10.6 Å². The first kappa shape index (κ1) is 23.9. The van der Waals surface area contributed by atoms with Crippen molar-refractivity contribution in [2.75, 3.05) is 10.6 Å². The topological polar surface area (TPSA) is 75.3 Å². The Balaban J connectivity index is 1.62. The van der Waals surface area contributed by atoms with Crippen molar-refractivity contribution < 1.29 is 14.4 Å². The fourth-order valence-electron chi connectivity index (χ4n) is 2.81. The first-order valence-electron chi connectivity index (χ1n) is 9.68. The molecule has 0 aromatic heterocycles. The molecule has 0 heterocycles. The van der Waals surface area contributed by atoms with Gasteiger partial charge in [-0.3, -0.25) is 14.4 Å². The average molecular weight is 487 g/mol. The average Bonchev–Trinajstić information content (AvgIpc) is 2.74. The lowest BCUT2D eigenvalue weighted by Crippen LogP contribution is -2.22. The lowest BCUT2D eigenvalue weighted by Gasteiger charge is -2.13. The maximum absolute atomic E-state index is 12.6. The molecule has 3 aromatic rings. The van der Waals surface area contributed by atoms with Crippen LogP contribution in [0.2, 0.25) is 10.0 Å². The van der Waals surface area contributed by atoms with Crippen molar-refractivity contribution in [2.45, 2.75) is 24.0 Å². The van der Waals surface area contributed by atoms with Crippen LogP contribution in [0.5, 0.6) is 0 Å². The van der Waals surface area contributed by atoms with Crippen LogP contribution in [-0.2, 0) is 4.79 Å². The van der Waals surface area contributed by atoms with E-state index in [0.29, 0.717) is 27.5 Å². The lowest BCUT2D eigenvalue weighted by atomic mass is 10.1. The number of hydrogen-bond donors (Lipinski definition) is 2. The minimum atomic E-state index is -0.390. The van der Waals surface area contributed by atoms with Gasteiger partial charge in [0.2, 0.25) is 5.91 Å². The SMILES string of the molecule is CC(=O)c1ccc(NC(=O)C(C)Sc2cccc(NC(=O)c3ccc(Cl)cc3Cl)c2)cc1. The van der Waals surface area contributed by atoms with E-state index >= 15 is 0 Å². The quantitative estimate of drug-likeness (QED) is 0.292. The number of rotatable bonds is 7. The zero-order valence-corrected chi connectivity index (χ0v) is 19.6. The molecule has 1 unspecified atom stereocenters. The van der Waals surface area contributed by atoms with Gasteiger partial charge in [-0.05, 0) is 74.5 Å². The molecule has 0 fully saturated rings. The molecule has 164 valence electrons. The molecule has 0 saturated heterocycles. The minimum Gasteiger partial charge on any atom is -0.325 e. The molecule has 2 amide bonds. The minimum absolute atomic E-state index is 0.0305. The third-order valence-electron chi connectivity index (χ3n) is 4.51. The predicted molar refractivity (Wildman–Crippen MR) is 131 cm³/mol. The standard InChI is InChI=1S/C24H20Cl2N2O3S/c1-14(29)16-6-9-18(10-7-16)27-23(30)15(2)32-20-5-3-4-19(13-20)28-24(31)21-11-8-17(25)12-22(21)26/h3-13,15H,1-2H3,(H,27,30)(H,28,31). The molecule has 0 bridgehead atoms. The summed E-state index contributed by atoms with van der Waals surface area (Å²) in [5.41, 5.74) is 2.11. The highest BCUT2D eigenvalue weighted by atomic mass is 35.5. The van der Waals surface area contributed by atoms with Crippen LogP contribution in [-0.4, -0.2) is 22.8 Å². The molecule has 0 aliphatic rings. The number of nitrogens with one attached hydrogen (secondary N) is 2. The second kappa shape index (κ2) is 10.7. The van der Waals surface area contributed by atoms with Gasteiger partial charge < -0.3 is 10.6 Å². The van der Waals surface area contributed by atoms with Gasteiger partial charge in [-0.2, -0.15) is 0 Å². The van der Waals surface area contributed by atoms with Gasteiger partial charge in [-0.1, -0.05) is 29.3 Å². The molecule has 5 nitrogen and oxygen atoms in total. The highest BCUT2D eigenvalue weighted by Crippen LogP contribution is 2.28. The Hall–Kier alpha value is -2.80. The Morgan fingerprint density at radius 1 is 0.875 bits per heavy atom. The summed E-state index contributed by atoms with van der Waals surface area (Å²) in [6.07, 6.45) is 0. The number of thioether (sulfide) groups is 1. The molecule has 2 N–H and O–H groups in total. The van der Waals surface area contributed by atoms with E-state index in [-0.39, 0.29) is 27.9 Å². The van der Waals surface area contributed by atoms with Crippen LogP contribution in [0.25, 0.3) is 0 Å². The number of halogens is 2. The molecule has 0 spiro atoms. The van der Waals surface area contributed by atoms with Gasteiger partial charge in [0.05, 0.1) is 15.8 Å². The van der Waals surface area contributed by atoms with E-state index in [4.69, 9.17) is 23.2 Å². The third-order valence-corrected chi connectivity index (χ3v) is 6.15. The van der Waals surface area contributed by atoms with Crippen LogP contribution in [0.4, 0.5) is 11.4 Å². The summed E-state index contributed by atoms with van der Waals surface area (Å²) >= 11 is 13.3. The van der Waals surface area contributed by atoms with E-state index < -0.39 is 0 Å². The zero-order chi connectivity index (χ0) is 23.3. The van der Waals surface area contributed by atoms with E-state index in [0.717, 1.165) is 4.90 Å². The Bertz CT molecular complexity index is 1170. The van der Waals surface area contributed by atoms with E-state index in [1.807, 2.05) is 6.07 Å². The Morgan fingerprint density at radius 3 is 2.25 bits per heavy atom. The molecule has 0 aliphatic carbocycles. The van der Waals surface area contributed by atoms with Gasteiger partial charge in [0.1, 0.15) is 0 Å².